The first-order chi connectivity index (χ1) is 14.2. The van der Waals surface area contributed by atoms with Gasteiger partial charge in [-0.2, -0.15) is 4.36 Å². The van der Waals surface area contributed by atoms with E-state index in [2.05, 4.69) is 9.68 Å². The molecule has 2 atom stereocenters. The van der Waals surface area contributed by atoms with E-state index in [1.54, 1.807) is 12.1 Å². The topological polar surface area (TPSA) is 125 Å². The lowest BCUT2D eigenvalue weighted by atomic mass is 10.0. The number of amides is 3. The number of hydrogen-bond acceptors (Lipinski definition) is 6. The van der Waals surface area contributed by atoms with Crippen molar-refractivity contribution in [2.75, 3.05) is 36.1 Å². The molecule has 1 unspecified atom stereocenters. The van der Waals surface area contributed by atoms with Crippen molar-refractivity contribution in [1.82, 2.24) is 5.32 Å². The van der Waals surface area contributed by atoms with Crippen molar-refractivity contribution >= 4 is 38.9 Å². The van der Waals surface area contributed by atoms with Gasteiger partial charge in [0.25, 0.3) is 5.91 Å². The van der Waals surface area contributed by atoms with Gasteiger partial charge in [-0.15, -0.1) is 0 Å². The SMILES string of the molecule is CC(=O)NC[C@@H]1CN(c2ccc(C3=CCS(=O)(=NC(=O)CO)CC3)c(F)c2)C(=O)O1. The van der Waals surface area contributed by atoms with Crippen molar-refractivity contribution in [1.29, 1.82) is 0 Å². The lowest BCUT2D eigenvalue weighted by Crippen LogP contribution is -2.33. The quantitative estimate of drug-likeness (QED) is 0.707. The minimum absolute atomic E-state index is 0.00144. The number of aliphatic hydroxyl groups is 1. The van der Waals surface area contributed by atoms with Crippen LogP contribution in [0.5, 0.6) is 0 Å². The molecule has 2 N–H and O–H groups in total. The predicted octanol–water partition coefficient (Wildman–Crippen LogP) is 1.06. The number of nitrogens with one attached hydrogen (secondary N) is 1. The molecule has 30 heavy (non-hydrogen) atoms. The Labute approximate surface area is 173 Å². The Balaban J connectivity index is 1.74. The van der Waals surface area contributed by atoms with Crippen LogP contribution in [0.3, 0.4) is 0 Å². The zero-order valence-corrected chi connectivity index (χ0v) is 17.1. The maximum Gasteiger partial charge on any atom is 0.414 e. The van der Waals surface area contributed by atoms with Crippen LogP contribution >= 0.6 is 0 Å². The number of rotatable bonds is 5. The monoisotopic (exact) mass is 439 g/mol. The van der Waals surface area contributed by atoms with Gasteiger partial charge in [0.05, 0.1) is 34.3 Å². The number of carbonyl (C=O) groups is 3. The number of aliphatic hydroxyl groups excluding tert-OH is 1. The van der Waals surface area contributed by atoms with E-state index in [-0.39, 0.29) is 36.9 Å². The summed E-state index contributed by atoms with van der Waals surface area (Å²) in [4.78, 5) is 35.6. The second-order valence-electron chi connectivity index (χ2n) is 6.98. The molecule has 0 radical (unpaired) electrons. The highest BCUT2D eigenvalue weighted by Crippen LogP contribution is 2.30. The summed E-state index contributed by atoms with van der Waals surface area (Å²) < 4.78 is 36.0. The Bertz CT molecular complexity index is 1030. The Hall–Kier alpha value is -2.79. The van der Waals surface area contributed by atoms with Crippen molar-refractivity contribution in [3.05, 3.63) is 35.7 Å². The molecule has 0 aromatic heterocycles. The Kier molecular flexibility index (Phi) is 6.52. The molecule has 1 aromatic carbocycles. The van der Waals surface area contributed by atoms with Gasteiger partial charge in [0, 0.05) is 18.2 Å². The standard InChI is InChI=1S/C19H22FN3O6S/c1-12(25)21-9-15-10-23(19(27)29-15)14-2-3-16(17(20)8-14)13-4-6-30(28,7-5-13)22-18(26)11-24/h2-4,8,15,24H,5-7,9-11H2,1H3,(H,21,25)/t15-,30?/m1/s1. The van der Waals surface area contributed by atoms with Crippen LogP contribution in [0.2, 0.25) is 0 Å². The zero-order valence-electron chi connectivity index (χ0n) is 16.3. The molecule has 9 nitrogen and oxygen atoms in total. The third kappa shape index (κ3) is 5.03. The summed E-state index contributed by atoms with van der Waals surface area (Å²) >= 11 is 0. The minimum Gasteiger partial charge on any atom is -0.442 e. The molecular formula is C19H22FN3O6S. The van der Waals surface area contributed by atoms with Crippen LogP contribution in [0.1, 0.15) is 18.9 Å². The molecule has 3 amide bonds. The highest BCUT2D eigenvalue weighted by atomic mass is 32.2. The normalized spacial score (nSPS) is 23.6. The molecule has 11 heteroatoms. The van der Waals surface area contributed by atoms with Gasteiger partial charge in [-0.05, 0) is 30.2 Å². The number of anilines is 1. The molecule has 1 fully saturated rings. The Morgan fingerprint density at radius 2 is 2.20 bits per heavy atom. The number of hydrogen-bond donors (Lipinski definition) is 2. The summed E-state index contributed by atoms with van der Waals surface area (Å²) in [5.74, 6) is -1.53. The maximum atomic E-state index is 14.8. The maximum absolute atomic E-state index is 14.8. The van der Waals surface area contributed by atoms with Gasteiger partial charge in [0.1, 0.15) is 18.5 Å². The molecular weight excluding hydrogens is 417 g/mol. The molecule has 1 saturated heterocycles. The first-order valence-electron chi connectivity index (χ1n) is 9.28. The van der Waals surface area contributed by atoms with Crippen LogP contribution in [-0.4, -0.2) is 64.5 Å². The van der Waals surface area contributed by atoms with E-state index in [0.717, 1.165) is 0 Å². The van der Waals surface area contributed by atoms with Crippen LogP contribution in [0, 0.1) is 5.82 Å². The van der Waals surface area contributed by atoms with Gasteiger partial charge < -0.3 is 15.2 Å². The van der Waals surface area contributed by atoms with Crippen LogP contribution < -0.4 is 10.2 Å². The number of ether oxygens (including phenoxy) is 1. The molecule has 2 heterocycles. The summed E-state index contributed by atoms with van der Waals surface area (Å²) in [6, 6.07) is 4.35. The van der Waals surface area contributed by atoms with E-state index < -0.39 is 40.3 Å². The van der Waals surface area contributed by atoms with E-state index in [9.17, 15) is 23.0 Å². The third-order valence-corrected chi connectivity index (χ3v) is 6.81. The van der Waals surface area contributed by atoms with E-state index in [1.807, 2.05) is 0 Å². The van der Waals surface area contributed by atoms with Gasteiger partial charge in [-0.25, -0.2) is 13.4 Å². The molecule has 0 aliphatic carbocycles. The van der Waals surface area contributed by atoms with Crippen molar-refractivity contribution in [2.45, 2.75) is 19.4 Å². The van der Waals surface area contributed by atoms with Gasteiger partial charge in [-0.1, -0.05) is 6.08 Å². The number of nitrogens with zero attached hydrogens (tertiary/aromatic N) is 2. The second kappa shape index (κ2) is 8.92. The molecule has 2 aliphatic rings. The molecule has 3 rings (SSSR count). The number of carbonyl (C=O) groups excluding carboxylic acids is 3. The summed E-state index contributed by atoms with van der Waals surface area (Å²) in [6.07, 6.45) is 0.709. The van der Waals surface area contributed by atoms with E-state index in [0.29, 0.717) is 16.8 Å². The summed E-state index contributed by atoms with van der Waals surface area (Å²) in [5, 5.41) is 11.3. The van der Waals surface area contributed by atoms with Crippen LogP contribution in [0.4, 0.5) is 14.9 Å². The third-order valence-electron chi connectivity index (χ3n) is 4.75. The molecule has 162 valence electrons. The lowest BCUT2D eigenvalue weighted by molar-refractivity contribution is -0.120. The van der Waals surface area contributed by atoms with Gasteiger partial charge >= 0.3 is 6.09 Å². The van der Waals surface area contributed by atoms with Crippen molar-refractivity contribution in [3.8, 4) is 0 Å². The zero-order chi connectivity index (χ0) is 21.9. The van der Waals surface area contributed by atoms with Crippen LogP contribution in [0.25, 0.3) is 5.57 Å². The Morgan fingerprint density at radius 1 is 1.43 bits per heavy atom. The smallest absolute Gasteiger partial charge is 0.414 e. The number of allylic oxidation sites excluding steroid dienone is 1. The molecule has 0 saturated carbocycles. The molecule has 0 bridgehead atoms. The molecule has 2 aliphatic heterocycles. The first-order valence-corrected chi connectivity index (χ1v) is 11.1. The van der Waals surface area contributed by atoms with Crippen LogP contribution in [0.15, 0.2) is 28.6 Å². The fourth-order valence-electron chi connectivity index (χ4n) is 3.26. The number of benzene rings is 1. The first kappa shape index (κ1) is 21.9. The van der Waals surface area contributed by atoms with Crippen molar-refractivity contribution < 1.29 is 32.8 Å². The fraction of sp³-hybridized carbons (Fsp3) is 0.421. The Morgan fingerprint density at radius 3 is 2.80 bits per heavy atom. The highest BCUT2D eigenvalue weighted by molar-refractivity contribution is 7.94. The number of halogens is 1. The van der Waals surface area contributed by atoms with E-state index in [4.69, 9.17) is 9.84 Å². The largest absolute Gasteiger partial charge is 0.442 e. The van der Waals surface area contributed by atoms with Gasteiger partial charge in [0.2, 0.25) is 5.91 Å². The average molecular weight is 439 g/mol. The highest BCUT2D eigenvalue weighted by Gasteiger charge is 2.33. The minimum atomic E-state index is -2.78. The predicted molar refractivity (Wildman–Crippen MR) is 108 cm³/mol. The molecule has 0 spiro atoms. The number of cyclic esters (lactones) is 1. The van der Waals surface area contributed by atoms with Gasteiger partial charge in [0.15, 0.2) is 0 Å². The summed E-state index contributed by atoms with van der Waals surface area (Å²) in [7, 11) is -2.78. The van der Waals surface area contributed by atoms with Gasteiger partial charge in [-0.3, -0.25) is 14.5 Å². The summed E-state index contributed by atoms with van der Waals surface area (Å²) in [6.45, 7) is 0.922. The van der Waals surface area contributed by atoms with Crippen molar-refractivity contribution in [2.24, 2.45) is 4.36 Å². The fourth-order valence-corrected chi connectivity index (χ4v) is 5.02. The lowest BCUT2D eigenvalue weighted by Gasteiger charge is -2.19. The van der Waals surface area contributed by atoms with E-state index >= 15 is 0 Å². The summed E-state index contributed by atoms with van der Waals surface area (Å²) in [5.41, 5.74) is 1.28. The van der Waals surface area contributed by atoms with Crippen molar-refractivity contribution in [3.63, 3.8) is 0 Å². The molecule has 1 aromatic rings. The average Bonchev–Trinajstić information content (AvgIpc) is 3.07. The van der Waals surface area contributed by atoms with Crippen LogP contribution in [-0.2, 0) is 24.1 Å². The van der Waals surface area contributed by atoms with E-state index in [1.165, 1.54) is 24.0 Å². The second-order valence-corrected chi connectivity index (χ2v) is 9.45.